The van der Waals surface area contributed by atoms with Gasteiger partial charge in [0.05, 0.1) is 11.8 Å². The molecule has 0 amide bonds. The Balaban J connectivity index is 2.07. The number of hydrogen-bond acceptors (Lipinski definition) is 1. The number of aromatic nitrogens is 1. The monoisotopic (exact) mass is 208 g/mol. The summed E-state index contributed by atoms with van der Waals surface area (Å²) in [4.78, 5) is 3.25. The lowest BCUT2D eigenvalue weighted by molar-refractivity contribution is 0.894. The van der Waals surface area contributed by atoms with E-state index in [1.807, 2.05) is 24.3 Å². The van der Waals surface area contributed by atoms with E-state index in [9.17, 15) is 0 Å². The lowest BCUT2D eigenvalue weighted by atomic mass is 10.2. The van der Waals surface area contributed by atoms with Crippen molar-refractivity contribution in [1.82, 2.24) is 4.98 Å². The molecule has 0 spiro atoms. The first-order chi connectivity index (χ1) is 7.90. The highest BCUT2D eigenvalue weighted by atomic mass is 14.7. The van der Waals surface area contributed by atoms with E-state index in [0.717, 1.165) is 24.1 Å². The van der Waals surface area contributed by atoms with Gasteiger partial charge in [0.15, 0.2) is 0 Å². The zero-order chi connectivity index (χ0) is 11.2. The summed E-state index contributed by atoms with van der Waals surface area (Å²) < 4.78 is 0. The van der Waals surface area contributed by atoms with Gasteiger partial charge in [-0.15, -0.1) is 0 Å². The molecule has 1 aromatic carbocycles. The lowest BCUT2D eigenvalue weighted by Crippen LogP contribution is -1.73. The highest BCUT2D eigenvalue weighted by Crippen LogP contribution is 2.13. The average molecular weight is 208 g/mol. The van der Waals surface area contributed by atoms with Crippen molar-refractivity contribution in [2.24, 2.45) is 0 Å². The van der Waals surface area contributed by atoms with Crippen LogP contribution in [0.3, 0.4) is 0 Å². The number of rotatable bonds is 2. The van der Waals surface area contributed by atoms with Crippen molar-refractivity contribution < 1.29 is 0 Å². The molecular formula is C14H12N2. The first kappa shape index (κ1) is 10.3. The molecule has 0 aliphatic rings. The van der Waals surface area contributed by atoms with Crippen LogP contribution in [0, 0.1) is 23.2 Å². The Hall–Kier alpha value is -2.19. The molecule has 16 heavy (non-hydrogen) atoms. The van der Waals surface area contributed by atoms with Crippen LogP contribution in [-0.2, 0) is 0 Å². The van der Waals surface area contributed by atoms with Crippen LogP contribution in [-0.4, -0.2) is 4.98 Å². The van der Waals surface area contributed by atoms with Gasteiger partial charge in [0, 0.05) is 23.7 Å². The van der Waals surface area contributed by atoms with E-state index in [4.69, 9.17) is 5.26 Å². The van der Waals surface area contributed by atoms with E-state index in [-0.39, 0.29) is 0 Å². The predicted octanol–water partition coefficient (Wildman–Crippen LogP) is 3.21. The van der Waals surface area contributed by atoms with E-state index >= 15 is 0 Å². The van der Waals surface area contributed by atoms with E-state index < -0.39 is 0 Å². The van der Waals surface area contributed by atoms with E-state index in [2.05, 4.69) is 29.0 Å². The summed E-state index contributed by atoms with van der Waals surface area (Å²) in [5, 5.41) is 9.56. The number of H-pyrrole nitrogens is 1. The molecule has 2 rings (SSSR count). The van der Waals surface area contributed by atoms with E-state index in [0.29, 0.717) is 6.42 Å². The van der Waals surface area contributed by atoms with Crippen molar-refractivity contribution in [3.05, 3.63) is 36.0 Å². The second-order valence-electron chi connectivity index (χ2n) is 3.58. The summed E-state index contributed by atoms with van der Waals surface area (Å²) in [6.45, 7) is 0. The number of fused-ring (bicyclic) bond motifs is 1. The molecule has 0 saturated carbocycles. The van der Waals surface area contributed by atoms with Gasteiger partial charge in [0.25, 0.3) is 0 Å². The minimum atomic E-state index is 0.585. The van der Waals surface area contributed by atoms with Gasteiger partial charge in [-0.1, -0.05) is 24.1 Å². The fraction of sp³-hybridized carbons (Fsp3) is 0.214. The number of para-hydroxylation sites is 1. The van der Waals surface area contributed by atoms with E-state index in [1.54, 1.807) is 0 Å². The number of hydrogen-bond donors (Lipinski definition) is 1. The minimum absolute atomic E-state index is 0.585. The molecule has 0 bridgehead atoms. The largest absolute Gasteiger partial charge is 0.348 e. The molecule has 0 atom stereocenters. The van der Waals surface area contributed by atoms with Gasteiger partial charge >= 0.3 is 0 Å². The van der Waals surface area contributed by atoms with Crippen molar-refractivity contribution in [2.75, 3.05) is 0 Å². The van der Waals surface area contributed by atoms with Crippen molar-refractivity contribution in [1.29, 1.82) is 5.26 Å². The summed E-state index contributed by atoms with van der Waals surface area (Å²) in [6.07, 6.45) is 2.22. The average Bonchev–Trinajstić information content (AvgIpc) is 2.71. The number of nitrogens with zero attached hydrogens (tertiary/aromatic N) is 1. The molecule has 2 nitrogen and oxygen atoms in total. The number of benzene rings is 1. The third kappa shape index (κ3) is 2.43. The van der Waals surface area contributed by atoms with Gasteiger partial charge in [-0.2, -0.15) is 5.26 Å². The van der Waals surface area contributed by atoms with Crippen molar-refractivity contribution >= 4 is 10.9 Å². The number of aromatic amines is 1. The standard InChI is InChI=1S/C14H12N2/c15-10-6-2-1-3-8-13-11-12-7-4-5-9-14(12)16-13/h4-5,7,9,11,16H,1-2,6H2. The lowest BCUT2D eigenvalue weighted by Gasteiger charge is -1.84. The maximum atomic E-state index is 8.37. The maximum absolute atomic E-state index is 8.37. The zero-order valence-electron chi connectivity index (χ0n) is 8.96. The van der Waals surface area contributed by atoms with Crippen molar-refractivity contribution in [3.8, 4) is 17.9 Å². The third-order valence-corrected chi connectivity index (χ3v) is 2.34. The summed E-state index contributed by atoms with van der Waals surface area (Å²) in [5.74, 6) is 6.14. The van der Waals surface area contributed by atoms with Gasteiger partial charge in [-0.3, -0.25) is 0 Å². The molecule has 0 fully saturated rings. The van der Waals surface area contributed by atoms with E-state index in [1.165, 1.54) is 5.39 Å². The van der Waals surface area contributed by atoms with Crippen molar-refractivity contribution in [3.63, 3.8) is 0 Å². The summed E-state index contributed by atoms with van der Waals surface area (Å²) in [7, 11) is 0. The van der Waals surface area contributed by atoms with Crippen LogP contribution in [0.2, 0.25) is 0 Å². The zero-order valence-corrected chi connectivity index (χ0v) is 8.96. The van der Waals surface area contributed by atoms with Crippen molar-refractivity contribution in [2.45, 2.75) is 19.3 Å². The molecule has 78 valence electrons. The fourth-order valence-corrected chi connectivity index (χ4v) is 1.55. The van der Waals surface area contributed by atoms with Gasteiger partial charge in [-0.25, -0.2) is 0 Å². The Morgan fingerprint density at radius 1 is 1.19 bits per heavy atom. The summed E-state index contributed by atoms with van der Waals surface area (Å²) in [5.41, 5.74) is 2.06. The van der Waals surface area contributed by atoms with Crippen LogP contribution in [0.4, 0.5) is 0 Å². The molecule has 0 radical (unpaired) electrons. The third-order valence-electron chi connectivity index (χ3n) is 2.34. The first-order valence-corrected chi connectivity index (χ1v) is 5.34. The molecule has 1 aromatic heterocycles. The Bertz CT molecular complexity index is 543. The van der Waals surface area contributed by atoms with Crippen LogP contribution >= 0.6 is 0 Å². The van der Waals surface area contributed by atoms with Gasteiger partial charge in [0.2, 0.25) is 0 Å². The molecule has 2 aromatic rings. The fourth-order valence-electron chi connectivity index (χ4n) is 1.55. The maximum Gasteiger partial charge on any atom is 0.0904 e. The SMILES string of the molecule is N#CCCCC#Cc1cc2ccccc2[nH]1. The molecular weight excluding hydrogens is 196 g/mol. The quantitative estimate of drug-likeness (QED) is 0.597. The van der Waals surface area contributed by atoms with Crippen LogP contribution < -0.4 is 0 Å². The number of nitrogens with one attached hydrogen (secondary N) is 1. The normalized spacial score (nSPS) is 9.44. The van der Waals surface area contributed by atoms with Crippen LogP contribution in [0.5, 0.6) is 0 Å². The Morgan fingerprint density at radius 2 is 2.06 bits per heavy atom. The van der Waals surface area contributed by atoms with Gasteiger partial charge < -0.3 is 4.98 Å². The van der Waals surface area contributed by atoms with Crippen LogP contribution in [0.1, 0.15) is 25.0 Å². The minimum Gasteiger partial charge on any atom is -0.348 e. The molecule has 0 aliphatic heterocycles. The molecule has 0 unspecified atom stereocenters. The topological polar surface area (TPSA) is 39.6 Å². The summed E-state index contributed by atoms with van der Waals surface area (Å²) in [6, 6.07) is 12.3. The summed E-state index contributed by atoms with van der Waals surface area (Å²) >= 11 is 0. The molecule has 2 heteroatoms. The first-order valence-electron chi connectivity index (χ1n) is 5.34. The van der Waals surface area contributed by atoms with Crippen LogP contribution in [0.25, 0.3) is 10.9 Å². The number of nitriles is 1. The van der Waals surface area contributed by atoms with Crippen LogP contribution in [0.15, 0.2) is 30.3 Å². The van der Waals surface area contributed by atoms with Gasteiger partial charge in [0.1, 0.15) is 0 Å². The predicted molar refractivity (Wildman–Crippen MR) is 64.6 cm³/mol. The Kier molecular flexibility index (Phi) is 3.26. The molecule has 1 N–H and O–H groups in total. The Morgan fingerprint density at radius 3 is 2.88 bits per heavy atom. The Labute approximate surface area is 94.9 Å². The second kappa shape index (κ2) is 5.05. The highest BCUT2D eigenvalue weighted by Gasteiger charge is 1.95. The second-order valence-corrected chi connectivity index (χ2v) is 3.58. The molecule has 1 heterocycles. The highest BCUT2D eigenvalue weighted by molar-refractivity contribution is 5.81. The smallest absolute Gasteiger partial charge is 0.0904 e. The number of unbranched alkanes of at least 4 members (excludes halogenated alkanes) is 2. The molecule has 0 saturated heterocycles. The van der Waals surface area contributed by atoms with Gasteiger partial charge in [-0.05, 0) is 24.5 Å². The molecule has 0 aliphatic carbocycles.